The number of carbonyl (C=O) groups excluding carboxylic acids is 2. The van der Waals surface area contributed by atoms with Crippen molar-refractivity contribution in [1.82, 2.24) is 10.3 Å². The molecule has 0 radical (unpaired) electrons. The first-order valence-corrected chi connectivity index (χ1v) is 17.3. The number of aromatic amines is 1. The molecule has 1 aliphatic rings. The Morgan fingerprint density at radius 2 is 1.77 bits per heavy atom. The monoisotopic (exact) mass is 657 g/mol. The summed E-state index contributed by atoms with van der Waals surface area (Å²) >= 11 is 0. The van der Waals surface area contributed by atoms with Gasteiger partial charge in [0.15, 0.2) is 5.96 Å². The van der Waals surface area contributed by atoms with E-state index in [2.05, 4.69) is 50.9 Å². The van der Waals surface area contributed by atoms with Crippen LogP contribution in [0.4, 0.5) is 5.82 Å². The fourth-order valence-corrected chi connectivity index (χ4v) is 6.80. The van der Waals surface area contributed by atoms with Crippen LogP contribution < -0.4 is 16.4 Å². The smallest absolute Gasteiger partial charge is 0.328 e. The molecule has 0 spiro atoms. The van der Waals surface area contributed by atoms with E-state index in [-0.39, 0.29) is 30.5 Å². The third-order valence-corrected chi connectivity index (χ3v) is 9.37. The second kappa shape index (κ2) is 19.4. The first-order valence-electron chi connectivity index (χ1n) is 17.3. The molecule has 1 aliphatic heterocycles. The minimum Gasteiger partial charge on any atom is -0.478 e. The van der Waals surface area contributed by atoms with Crippen molar-refractivity contribution in [2.24, 2.45) is 16.6 Å². The summed E-state index contributed by atoms with van der Waals surface area (Å²) in [6, 6.07) is 16.0. The van der Waals surface area contributed by atoms with E-state index in [4.69, 9.17) is 10.8 Å². The highest BCUT2D eigenvalue weighted by Gasteiger charge is 2.27. The molecule has 2 heterocycles. The van der Waals surface area contributed by atoms with Crippen LogP contribution in [0.25, 0.3) is 10.8 Å². The number of aliphatic hydroxyl groups is 1. The summed E-state index contributed by atoms with van der Waals surface area (Å²) in [7, 11) is 0. The van der Waals surface area contributed by atoms with E-state index < -0.39 is 5.97 Å². The molecule has 258 valence electrons. The molecule has 10 nitrogen and oxygen atoms in total. The van der Waals surface area contributed by atoms with Gasteiger partial charge in [0, 0.05) is 37.8 Å². The summed E-state index contributed by atoms with van der Waals surface area (Å²) in [5.41, 5.74) is 8.98. The second-order valence-electron chi connectivity index (χ2n) is 12.9. The molecule has 0 bridgehead atoms. The Hall–Kier alpha value is -4.44. The summed E-state index contributed by atoms with van der Waals surface area (Å²) in [5.74, 6) is 0.366. The van der Waals surface area contributed by atoms with Crippen molar-refractivity contribution in [3.8, 4) is 0 Å². The number of hydrogen-bond donors (Lipinski definition) is 6. The molecular formula is C38H51N5O5. The normalized spacial score (nSPS) is 16.8. The van der Waals surface area contributed by atoms with Gasteiger partial charge in [-0.3, -0.25) is 4.99 Å². The third-order valence-electron chi connectivity index (χ3n) is 9.37. The Balaban J connectivity index is 1.54. The highest BCUT2D eigenvalue weighted by atomic mass is 16.4. The van der Waals surface area contributed by atoms with Crippen LogP contribution >= 0.6 is 0 Å². The van der Waals surface area contributed by atoms with Gasteiger partial charge in [-0.15, -0.1) is 0 Å². The lowest BCUT2D eigenvalue weighted by Crippen LogP contribution is -2.48. The van der Waals surface area contributed by atoms with Gasteiger partial charge in [0.25, 0.3) is 0 Å². The Morgan fingerprint density at radius 3 is 2.48 bits per heavy atom. The van der Waals surface area contributed by atoms with Crippen LogP contribution in [-0.4, -0.2) is 64.9 Å². The maximum atomic E-state index is 12.1. The number of nitrogens with two attached hydrogens (primary N) is 1. The average molecular weight is 658 g/mol. The number of aromatic nitrogens is 1. The van der Waals surface area contributed by atoms with E-state index in [1.165, 1.54) is 11.6 Å². The lowest BCUT2D eigenvalue weighted by molar-refractivity contribution is -0.131. The number of carbonyl (C=O) groups is 3. The number of hydrogen-bond acceptors (Lipinski definition) is 8. The molecule has 10 heteroatoms. The average Bonchev–Trinajstić information content (AvgIpc) is 3.60. The Kier molecular flexibility index (Phi) is 14.7. The molecular weight excluding hydrogens is 606 g/mol. The lowest BCUT2D eigenvalue weighted by Gasteiger charge is -2.32. The standard InChI is InChI=1S/C38H51N5O5/c39-38-41-20-17-35(43-38)33(25-37(47)48)34(42-36-10-5-19-40-36)16-15-29(9-4-2-1-3-7-28(26-46)8-6-21-44)31-14-13-30-12-11-27(18-22-45)23-32(30)24-31/h5,10-14,19,22-26,28-29,34-35,40,42,44H,1-4,6-9,15-18,20-21H2,(H,47,48)(H3,39,41,43)/b33-25-/t28-,29-,34-,35+/m0/s1. The topological polar surface area (TPSA) is 170 Å². The van der Waals surface area contributed by atoms with Gasteiger partial charge in [-0.2, -0.15) is 0 Å². The zero-order valence-corrected chi connectivity index (χ0v) is 27.8. The number of benzene rings is 2. The quantitative estimate of drug-likeness (QED) is 0.0443. The van der Waals surface area contributed by atoms with Gasteiger partial charge in [-0.1, -0.05) is 62.1 Å². The lowest BCUT2D eigenvalue weighted by atomic mass is 9.84. The number of aldehydes is 2. The minimum absolute atomic E-state index is 0.0176. The van der Waals surface area contributed by atoms with Crippen molar-refractivity contribution in [2.75, 3.05) is 18.5 Å². The second-order valence-corrected chi connectivity index (χ2v) is 12.9. The van der Waals surface area contributed by atoms with Crippen molar-refractivity contribution in [2.45, 2.75) is 95.1 Å². The third kappa shape index (κ3) is 11.4. The van der Waals surface area contributed by atoms with Crippen molar-refractivity contribution < 1.29 is 24.6 Å². The van der Waals surface area contributed by atoms with Gasteiger partial charge in [-0.25, -0.2) is 4.79 Å². The van der Waals surface area contributed by atoms with Crippen LogP contribution in [0.1, 0.15) is 87.7 Å². The number of aliphatic imine (C=N–C) groups is 1. The van der Waals surface area contributed by atoms with Crippen LogP contribution in [0.2, 0.25) is 0 Å². The highest BCUT2D eigenvalue weighted by molar-refractivity contribution is 5.85. The van der Waals surface area contributed by atoms with E-state index >= 15 is 0 Å². The number of rotatable bonds is 22. The van der Waals surface area contributed by atoms with Gasteiger partial charge in [0.05, 0.1) is 12.1 Å². The number of H-pyrrole nitrogens is 1. The molecule has 4 rings (SSSR count). The predicted molar refractivity (Wildman–Crippen MR) is 191 cm³/mol. The summed E-state index contributed by atoms with van der Waals surface area (Å²) in [5, 5.41) is 28.0. The first kappa shape index (κ1) is 36.4. The van der Waals surface area contributed by atoms with E-state index in [1.807, 2.05) is 24.4 Å². The van der Waals surface area contributed by atoms with Crippen molar-refractivity contribution in [3.63, 3.8) is 0 Å². The Labute approximate surface area is 283 Å². The summed E-state index contributed by atoms with van der Waals surface area (Å²) < 4.78 is 0. The number of anilines is 1. The van der Waals surface area contributed by atoms with Gasteiger partial charge in [-0.05, 0) is 90.5 Å². The molecule has 3 aromatic rings. The maximum Gasteiger partial charge on any atom is 0.328 e. The first-order chi connectivity index (χ1) is 23.4. The van der Waals surface area contributed by atoms with Gasteiger partial charge >= 0.3 is 5.97 Å². The number of aliphatic hydroxyl groups excluding tert-OH is 1. The zero-order chi connectivity index (χ0) is 34.1. The van der Waals surface area contributed by atoms with Gasteiger partial charge in [0.1, 0.15) is 18.4 Å². The number of carboxylic acid groups (broad SMARTS) is 1. The SMILES string of the molecule is NC1=NCC[C@H](/C(=C\C(=O)O)[C@H](CC[C@H](CCCCCC[C@H](C=O)CCCO)c2ccc3ccc(CC=O)cc3c2)Nc2ccc[nH]2)N1. The molecule has 0 aliphatic carbocycles. The number of fused-ring (bicyclic) bond motifs is 1. The molecule has 48 heavy (non-hydrogen) atoms. The van der Waals surface area contributed by atoms with Crippen molar-refractivity contribution in [1.29, 1.82) is 0 Å². The van der Waals surface area contributed by atoms with E-state index in [0.717, 1.165) is 91.7 Å². The molecule has 4 atom stereocenters. The molecule has 7 N–H and O–H groups in total. The predicted octanol–water partition coefficient (Wildman–Crippen LogP) is 5.87. The Bertz CT molecular complexity index is 1520. The van der Waals surface area contributed by atoms with E-state index in [1.54, 1.807) is 0 Å². The molecule has 0 unspecified atom stereocenters. The molecule has 0 fully saturated rings. The molecule has 0 amide bonds. The maximum absolute atomic E-state index is 12.1. The number of guanidine groups is 1. The summed E-state index contributed by atoms with van der Waals surface area (Å²) in [6.45, 7) is 0.643. The van der Waals surface area contributed by atoms with Crippen LogP contribution in [-0.2, 0) is 20.8 Å². The molecule has 0 saturated heterocycles. The number of nitrogens with one attached hydrogen (secondary N) is 3. The van der Waals surface area contributed by atoms with Crippen LogP contribution in [0.5, 0.6) is 0 Å². The van der Waals surface area contributed by atoms with Crippen molar-refractivity contribution >= 4 is 41.1 Å². The number of carboxylic acids is 1. The number of nitrogens with zero attached hydrogens (tertiary/aromatic N) is 1. The molecule has 2 aromatic carbocycles. The largest absolute Gasteiger partial charge is 0.478 e. The fourth-order valence-electron chi connectivity index (χ4n) is 6.80. The molecule has 1 aromatic heterocycles. The Morgan fingerprint density at radius 1 is 0.979 bits per heavy atom. The van der Waals surface area contributed by atoms with Gasteiger partial charge in [0.2, 0.25) is 0 Å². The highest BCUT2D eigenvalue weighted by Crippen LogP contribution is 2.33. The summed E-state index contributed by atoms with van der Waals surface area (Å²) in [4.78, 5) is 42.2. The van der Waals surface area contributed by atoms with E-state index in [0.29, 0.717) is 38.2 Å². The fraction of sp³-hybridized carbons (Fsp3) is 0.474. The van der Waals surface area contributed by atoms with Gasteiger partial charge < -0.3 is 41.2 Å². The van der Waals surface area contributed by atoms with Crippen molar-refractivity contribution in [3.05, 3.63) is 77.5 Å². The van der Waals surface area contributed by atoms with E-state index in [9.17, 15) is 19.5 Å². The van der Waals surface area contributed by atoms with Crippen LogP contribution in [0, 0.1) is 5.92 Å². The minimum atomic E-state index is -1.00. The number of aliphatic carboxylic acids is 1. The zero-order valence-electron chi connectivity index (χ0n) is 27.8. The number of unbranched alkanes of at least 4 members (excludes halogenated alkanes) is 3. The molecule has 0 saturated carbocycles. The van der Waals surface area contributed by atoms with Crippen LogP contribution in [0.15, 0.2) is 71.4 Å². The van der Waals surface area contributed by atoms with Crippen LogP contribution in [0.3, 0.4) is 0 Å². The summed E-state index contributed by atoms with van der Waals surface area (Å²) in [6.07, 6.45) is 15.0.